The average molecular weight is 257 g/mol. The van der Waals surface area contributed by atoms with Gasteiger partial charge in [-0.05, 0) is 13.8 Å². The fraction of sp³-hybridized carbons (Fsp3) is 0.636. The predicted molar refractivity (Wildman–Crippen MR) is 69.2 cm³/mol. The molecule has 1 heterocycles. The predicted octanol–water partition coefficient (Wildman–Crippen LogP) is 0.986. The van der Waals surface area contributed by atoms with Gasteiger partial charge in [-0.25, -0.2) is 4.98 Å². The van der Waals surface area contributed by atoms with Crippen LogP contribution in [0.4, 0.5) is 5.13 Å². The van der Waals surface area contributed by atoms with Crippen LogP contribution in [0, 0.1) is 0 Å². The maximum Gasteiger partial charge on any atom is 0.225 e. The van der Waals surface area contributed by atoms with E-state index in [1.807, 2.05) is 12.3 Å². The van der Waals surface area contributed by atoms with Crippen molar-refractivity contribution in [3.05, 3.63) is 11.1 Å². The van der Waals surface area contributed by atoms with E-state index in [-0.39, 0.29) is 12.0 Å². The molecule has 0 unspecified atom stereocenters. The lowest BCUT2D eigenvalue weighted by atomic mass is 10.4. The Morgan fingerprint density at radius 2 is 2.41 bits per heavy atom. The molecule has 0 aromatic carbocycles. The molecule has 1 amide bonds. The number of hydrogen-bond acceptors (Lipinski definition) is 5. The molecule has 0 aliphatic rings. The van der Waals surface area contributed by atoms with Gasteiger partial charge in [0.25, 0.3) is 0 Å². The molecule has 0 aliphatic carbocycles. The van der Waals surface area contributed by atoms with Crippen LogP contribution in [0.3, 0.4) is 0 Å². The lowest BCUT2D eigenvalue weighted by Gasteiger charge is -2.14. The number of hydrogen-bond donors (Lipinski definition) is 2. The van der Waals surface area contributed by atoms with Crippen molar-refractivity contribution in [3.63, 3.8) is 0 Å². The number of aliphatic hydroxyl groups excluding tert-OH is 1. The monoisotopic (exact) mass is 257 g/mol. The molecule has 0 saturated heterocycles. The molecule has 2 N–H and O–H groups in total. The Labute approximate surface area is 105 Å². The van der Waals surface area contributed by atoms with Gasteiger partial charge in [-0.3, -0.25) is 9.69 Å². The third-order valence-corrected chi connectivity index (χ3v) is 3.13. The van der Waals surface area contributed by atoms with Crippen LogP contribution in [0.1, 0.15) is 26.5 Å². The Hall–Kier alpha value is -0.980. The number of carbonyl (C=O) groups is 1. The normalized spacial score (nSPS) is 12.5. The summed E-state index contributed by atoms with van der Waals surface area (Å²) in [6, 6.07) is 0. The first-order chi connectivity index (χ1) is 8.04. The van der Waals surface area contributed by atoms with E-state index in [0.717, 1.165) is 10.8 Å². The minimum Gasteiger partial charge on any atom is -0.392 e. The van der Waals surface area contributed by atoms with Crippen molar-refractivity contribution >= 4 is 22.4 Å². The van der Waals surface area contributed by atoms with E-state index in [1.54, 1.807) is 11.8 Å². The van der Waals surface area contributed by atoms with E-state index in [2.05, 4.69) is 10.3 Å². The van der Waals surface area contributed by atoms with Crippen LogP contribution >= 0.6 is 11.3 Å². The second-order valence-electron chi connectivity index (χ2n) is 3.86. The Morgan fingerprint density at radius 1 is 1.71 bits per heavy atom. The second kappa shape index (κ2) is 6.68. The van der Waals surface area contributed by atoms with Gasteiger partial charge in [0.15, 0.2) is 5.13 Å². The van der Waals surface area contributed by atoms with Crippen molar-refractivity contribution in [2.75, 3.05) is 18.0 Å². The molecule has 5 nitrogen and oxygen atoms in total. The number of thiazole rings is 1. The standard InChI is InChI=1S/C11H19N3O2S/c1-4-14(9(3)16)11-13-10(7-17-11)6-12-5-8(2)15/h7-8,12,15H,4-6H2,1-3H3/t8-/m1/s1. The van der Waals surface area contributed by atoms with Gasteiger partial charge in [0, 0.05) is 31.9 Å². The van der Waals surface area contributed by atoms with Crippen molar-refractivity contribution in [3.8, 4) is 0 Å². The van der Waals surface area contributed by atoms with Gasteiger partial charge in [-0.2, -0.15) is 0 Å². The number of aromatic nitrogens is 1. The summed E-state index contributed by atoms with van der Waals surface area (Å²) in [5.74, 6) is 0.00494. The lowest BCUT2D eigenvalue weighted by Crippen LogP contribution is -2.28. The molecule has 1 aromatic heterocycles. The van der Waals surface area contributed by atoms with Gasteiger partial charge in [0.05, 0.1) is 11.8 Å². The first kappa shape index (κ1) is 14.1. The summed E-state index contributed by atoms with van der Waals surface area (Å²) in [7, 11) is 0. The maximum absolute atomic E-state index is 11.3. The van der Waals surface area contributed by atoms with E-state index in [0.29, 0.717) is 19.6 Å². The van der Waals surface area contributed by atoms with Crippen LogP contribution in [0.5, 0.6) is 0 Å². The average Bonchev–Trinajstić information content (AvgIpc) is 2.66. The largest absolute Gasteiger partial charge is 0.392 e. The van der Waals surface area contributed by atoms with Crippen LogP contribution in [0.2, 0.25) is 0 Å². The molecule has 96 valence electrons. The molecule has 1 atom stereocenters. The summed E-state index contributed by atoms with van der Waals surface area (Å²) >= 11 is 1.46. The fourth-order valence-corrected chi connectivity index (χ4v) is 2.34. The molecule has 0 radical (unpaired) electrons. The quantitative estimate of drug-likeness (QED) is 0.797. The molecule has 1 rings (SSSR count). The molecular weight excluding hydrogens is 238 g/mol. The van der Waals surface area contributed by atoms with Gasteiger partial charge in [0.2, 0.25) is 5.91 Å². The summed E-state index contributed by atoms with van der Waals surface area (Å²) in [4.78, 5) is 17.4. The zero-order valence-electron chi connectivity index (χ0n) is 10.4. The smallest absolute Gasteiger partial charge is 0.225 e. The molecule has 1 aromatic rings. The minimum atomic E-state index is -0.363. The Bertz CT molecular complexity index is 365. The van der Waals surface area contributed by atoms with E-state index in [4.69, 9.17) is 5.11 Å². The van der Waals surface area contributed by atoms with Gasteiger partial charge in [-0.1, -0.05) is 0 Å². The highest BCUT2D eigenvalue weighted by molar-refractivity contribution is 7.14. The highest BCUT2D eigenvalue weighted by Crippen LogP contribution is 2.20. The van der Waals surface area contributed by atoms with Crippen molar-refractivity contribution in [1.29, 1.82) is 0 Å². The van der Waals surface area contributed by atoms with Crippen LogP contribution in [0.25, 0.3) is 0 Å². The van der Waals surface area contributed by atoms with Gasteiger partial charge in [-0.15, -0.1) is 11.3 Å². The Morgan fingerprint density at radius 3 is 2.94 bits per heavy atom. The molecule has 0 bridgehead atoms. The molecule has 0 aliphatic heterocycles. The minimum absolute atomic E-state index is 0.00494. The van der Waals surface area contributed by atoms with Gasteiger partial charge < -0.3 is 10.4 Å². The zero-order chi connectivity index (χ0) is 12.8. The van der Waals surface area contributed by atoms with Crippen LogP contribution in [-0.2, 0) is 11.3 Å². The number of amides is 1. The van der Waals surface area contributed by atoms with Crippen LogP contribution in [0.15, 0.2) is 5.38 Å². The molecular formula is C11H19N3O2S. The Balaban J connectivity index is 2.55. The van der Waals surface area contributed by atoms with Gasteiger partial charge >= 0.3 is 0 Å². The SMILES string of the molecule is CCN(C(C)=O)c1nc(CNC[C@@H](C)O)cs1. The summed E-state index contributed by atoms with van der Waals surface area (Å²) < 4.78 is 0. The number of rotatable bonds is 6. The number of anilines is 1. The van der Waals surface area contributed by atoms with E-state index in [1.165, 1.54) is 18.3 Å². The number of aliphatic hydroxyl groups is 1. The Kier molecular flexibility index (Phi) is 5.54. The fourth-order valence-electron chi connectivity index (χ4n) is 1.40. The summed E-state index contributed by atoms with van der Waals surface area (Å²) in [5, 5.41) is 14.8. The van der Waals surface area contributed by atoms with Crippen LogP contribution < -0.4 is 10.2 Å². The molecule has 0 spiro atoms. The van der Waals surface area contributed by atoms with Crippen molar-refractivity contribution in [1.82, 2.24) is 10.3 Å². The first-order valence-electron chi connectivity index (χ1n) is 5.65. The zero-order valence-corrected chi connectivity index (χ0v) is 11.3. The second-order valence-corrected chi connectivity index (χ2v) is 4.70. The van der Waals surface area contributed by atoms with Crippen molar-refractivity contribution < 1.29 is 9.90 Å². The van der Waals surface area contributed by atoms with Gasteiger partial charge in [0.1, 0.15) is 0 Å². The first-order valence-corrected chi connectivity index (χ1v) is 6.53. The highest BCUT2D eigenvalue weighted by atomic mass is 32.1. The summed E-state index contributed by atoms with van der Waals surface area (Å²) in [5.41, 5.74) is 0.894. The molecule has 0 fully saturated rings. The summed E-state index contributed by atoms with van der Waals surface area (Å²) in [6.07, 6.45) is -0.363. The maximum atomic E-state index is 11.3. The van der Waals surface area contributed by atoms with E-state index < -0.39 is 0 Å². The number of nitrogens with zero attached hydrogens (tertiary/aromatic N) is 2. The van der Waals surface area contributed by atoms with Crippen molar-refractivity contribution in [2.45, 2.75) is 33.4 Å². The molecule has 0 saturated carbocycles. The highest BCUT2D eigenvalue weighted by Gasteiger charge is 2.13. The van der Waals surface area contributed by atoms with E-state index >= 15 is 0 Å². The lowest BCUT2D eigenvalue weighted by molar-refractivity contribution is -0.116. The molecule has 6 heteroatoms. The van der Waals surface area contributed by atoms with Crippen LogP contribution in [-0.4, -0.2) is 35.2 Å². The van der Waals surface area contributed by atoms with E-state index in [9.17, 15) is 4.79 Å². The number of nitrogens with one attached hydrogen (secondary N) is 1. The topological polar surface area (TPSA) is 65.5 Å². The van der Waals surface area contributed by atoms with Crippen molar-refractivity contribution in [2.24, 2.45) is 0 Å². The number of carbonyl (C=O) groups excluding carboxylic acids is 1. The molecule has 17 heavy (non-hydrogen) atoms. The summed E-state index contributed by atoms with van der Waals surface area (Å²) in [6.45, 7) is 6.97. The third-order valence-electron chi connectivity index (χ3n) is 2.21. The third kappa shape index (κ3) is 4.41.